The van der Waals surface area contributed by atoms with Crippen molar-refractivity contribution in [2.75, 3.05) is 6.26 Å². The van der Waals surface area contributed by atoms with Gasteiger partial charge in [0.05, 0.1) is 5.02 Å². The predicted molar refractivity (Wildman–Crippen MR) is 61.1 cm³/mol. The minimum atomic E-state index is -3.43. The quantitative estimate of drug-likeness (QED) is 0.801. The maximum absolute atomic E-state index is 11.1. The molecule has 0 aliphatic heterocycles. The van der Waals surface area contributed by atoms with Crippen LogP contribution in [0, 0.1) is 0 Å². The summed E-state index contributed by atoms with van der Waals surface area (Å²) >= 11 is 8.69. The van der Waals surface area contributed by atoms with E-state index in [2.05, 4.69) is 15.9 Å². The van der Waals surface area contributed by atoms with E-state index in [-0.39, 0.29) is 39.5 Å². The average Bonchev–Trinajstić information content (AvgIpc) is 1.98. The van der Waals surface area contributed by atoms with Gasteiger partial charge in [0.25, 0.3) is 0 Å². The Morgan fingerprint density at radius 1 is 1.43 bits per heavy atom. The molecule has 0 atom stereocenters. The molecule has 74 valence electrons. The van der Waals surface area contributed by atoms with Gasteiger partial charge in [-0.3, -0.25) is 0 Å². The second kappa shape index (κ2) is 5.18. The first kappa shape index (κ1) is 14.7. The van der Waals surface area contributed by atoms with E-state index in [1.807, 2.05) is 0 Å². The molecule has 0 radical (unpaired) electrons. The van der Waals surface area contributed by atoms with Gasteiger partial charge in [-0.25, -0.2) is 8.42 Å². The third-order valence-corrected chi connectivity index (χ3v) is 3.83. The fourth-order valence-corrected chi connectivity index (χ4v) is 2.13. The summed E-state index contributed by atoms with van der Waals surface area (Å²) < 4.78 is 22.6. The minimum absolute atomic E-state index is 0. The monoisotopic (exact) mass is 308 g/mol. The molecular formula is C7H7BrClNaO3S. The van der Waals surface area contributed by atoms with Crippen molar-refractivity contribution in [3.8, 4) is 5.75 Å². The van der Waals surface area contributed by atoms with Gasteiger partial charge in [0.1, 0.15) is 4.90 Å². The fourth-order valence-electron chi connectivity index (χ4n) is 0.821. The zero-order valence-corrected chi connectivity index (χ0v) is 9.74. The zero-order valence-electron chi connectivity index (χ0n) is 6.58. The first-order chi connectivity index (χ1) is 5.84. The van der Waals surface area contributed by atoms with Crippen LogP contribution < -0.4 is 0 Å². The Labute approximate surface area is 118 Å². The van der Waals surface area contributed by atoms with E-state index in [1.165, 1.54) is 12.1 Å². The molecule has 0 aromatic heterocycles. The molecule has 1 rings (SSSR count). The first-order valence-corrected chi connectivity index (χ1v) is 6.27. The van der Waals surface area contributed by atoms with Gasteiger partial charge >= 0.3 is 29.6 Å². The molecule has 0 saturated carbocycles. The van der Waals surface area contributed by atoms with Gasteiger partial charge in [0, 0.05) is 10.7 Å². The van der Waals surface area contributed by atoms with Crippen LogP contribution in [0.2, 0.25) is 5.02 Å². The second-order valence-corrected chi connectivity index (χ2v) is 5.70. The molecule has 1 N–H and O–H groups in total. The Bertz CT molecular complexity index is 446. The molecule has 1 aromatic carbocycles. The van der Waals surface area contributed by atoms with Crippen molar-refractivity contribution >= 4 is 66.9 Å². The molecule has 0 bridgehead atoms. The van der Waals surface area contributed by atoms with Crippen molar-refractivity contribution in [3.63, 3.8) is 0 Å². The van der Waals surface area contributed by atoms with E-state index in [1.54, 1.807) is 0 Å². The van der Waals surface area contributed by atoms with Crippen LogP contribution in [-0.4, -0.2) is 49.3 Å². The van der Waals surface area contributed by atoms with Gasteiger partial charge in [-0.05, 0) is 28.1 Å². The Morgan fingerprint density at radius 3 is 2.36 bits per heavy atom. The fraction of sp³-hybridized carbons (Fsp3) is 0.143. The summed E-state index contributed by atoms with van der Waals surface area (Å²) in [6, 6.07) is 2.76. The summed E-state index contributed by atoms with van der Waals surface area (Å²) in [5.41, 5.74) is 0. The van der Waals surface area contributed by atoms with Crippen molar-refractivity contribution < 1.29 is 13.5 Å². The van der Waals surface area contributed by atoms with E-state index in [0.717, 1.165) is 6.26 Å². The second-order valence-electron chi connectivity index (χ2n) is 2.48. The summed E-state index contributed by atoms with van der Waals surface area (Å²) in [7, 11) is -3.43. The van der Waals surface area contributed by atoms with Gasteiger partial charge in [-0.2, -0.15) is 0 Å². The summed E-state index contributed by atoms with van der Waals surface area (Å²) in [5.74, 6) is -0.418. The van der Waals surface area contributed by atoms with Crippen molar-refractivity contribution in [2.24, 2.45) is 0 Å². The van der Waals surface area contributed by atoms with Crippen LogP contribution in [0.15, 0.2) is 21.5 Å². The summed E-state index contributed by atoms with van der Waals surface area (Å²) in [5, 5.41) is 9.38. The average molecular weight is 310 g/mol. The van der Waals surface area contributed by atoms with Gasteiger partial charge in [0.15, 0.2) is 15.6 Å². The Kier molecular flexibility index (Phi) is 5.46. The third-order valence-electron chi connectivity index (χ3n) is 1.43. The van der Waals surface area contributed by atoms with E-state index < -0.39 is 15.6 Å². The molecule has 7 heteroatoms. The van der Waals surface area contributed by atoms with E-state index >= 15 is 0 Å². The van der Waals surface area contributed by atoms with Crippen molar-refractivity contribution in [1.82, 2.24) is 0 Å². The molecule has 0 aliphatic rings. The molecule has 1 aromatic rings. The van der Waals surface area contributed by atoms with Crippen molar-refractivity contribution in [2.45, 2.75) is 4.90 Å². The van der Waals surface area contributed by atoms with Gasteiger partial charge in [0.2, 0.25) is 0 Å². The number of hydrogen-bond donors (Lipinski definition) is 1. The van der Waals surface area contributed by atoms with E-state index in [0.29, 0.717) is 4.47 Å². The Hall–Kier alpha value is 0.740. The number of sulfone groups is 1. The van der Waals surface area contributed by atoms with Crippen LogP contribution >= 0.6 is 27.5 Å². The molecule has 0 spiro atoms. The van der Waals surface area contributed by atoms with Crippen molar-refractivity contribution in [3.05, 3.63) is 21.6 Å². The molecule has 0 aliphatic carbocycles. The normalized spacial score (nSPS) is 10.8. The number of halogens is 2. The number of rotatable bonds is 1. The van der Waals surface area contributed by atoms with Crippen LogP contribution in [0.5, 0.6) is 5.75 Å². The summed E-state index contributed by atoms with van der Waals surface area (Å²) in [6.45, 7) is 0. The van der Waals surface area contributed by atoms with Gasteiger partial charge < -0.3 is 5.11 Å². The van der Waals surface area contributed by atoms with Crippen molar-refractivity contribution in [1.29, 1.82) is 0 Å². The molecule has 0 fully saturated rings. The molecule has 3 nitrogen and oxygen atoms in total. The maximum atomic E-state index is 11.1. The standard InChI is InChI=1S/C7H6BrClO3S.Na.H/c1-13(11,12)5-3-2-4(8)6(9)7(5)10;;/h2-3,10H,1H3;;. The molecule has 0 saturated heterocycles. The van der Waals surface area contributed by atoms with Crippen LogP contribution in [0.25, 0.3) is 0 Å². The molecule has 0 heterocycles. The predicted octanol–water partition coefficient (Wildman–Crippen LogP) is 1.56. The molecule has 0 amide bonds. The van der Waals surface area contributed by atoms with Crippen LogP contribution in [0.1, 0.15) is 0 Å². The third kappa shape index (κ3) is 3.12. The molecular weight excluding hydrogens is 302 g/mol. The number of hydrogen-bond acceptors (Lipinski definition) is 3. The van der Waals surface area contributed by atoms with Crippen LogP contribution in [0.4, 0.5) is 0 Å². The van der Waals surface area contributed by atoms with Gasteiger partial charge in [-0.1, -0.05) is 11.6 Å². The first-order valence-electron chi connectivity index (χ1n) is 3.21. The van der Waals surface area contributed by atoms with Crippen LogP contribution in [0.3, 0.4) is 0 Å². The number of phenols is 1. The molecule has 0 unspecified atom stereocenters. The summed E-state index contributed by atoms with van der Waals surface area (Å²) in [6.07, 6.45) is 1.01. The number of aromatic hydroxyl groups is 1. The van der Waals surface area contributed by atoms with Crippen LogP contribution in [-0.2, 0) is 9.84 Å². The van der Waals surface area contributed by atoms with E-state index in [9.17, 15) is 13.5 Å². The topological polar surface area (TPSA) is 54.4 Å². The van der Waals surface area contributed by atoms with E-state index in [4.69, 9.17) is 11.6 Å². The Morgan fingerprint density at radius 2 is 1.93 bits per heavy atom. The number of benzene rings is 1. The van der Waals surface area contributed by atoms with Gasteiger partial charge in [-0.15, -0.1) is 0 Å². The summed E-state index contributed by atoms with van der Waals surface area (Å²) in [4.78, 5) is -0.166. The SMILES string of the molecule is CS(=O)(=O)c1ccc(Br)c(Cl)c1O.[NaH]. The molecule has 14 heavy (non-hydrogen) atoms. The number of phenolic OH excluding ortho intramolecular Hbond substituents is 1. The zero-order chi connectivity index (χ0) is 10.2. The Balaban J connectivity index is 0.00000169.